The maximum atomic E-state index is 12.0. The van der Waals surface area contributed by atoms with Gasteiger partial charge in [0, 0.05) is 11.1 Å². The Hall–Kier alpha value is -0.0487. The van der Waals surface area contributed by atoms with Gasteiger partial charge in [0.05, 0.1) is 0 Å². The summed E-state index contributed by atoms with van der Waals surface area (Å²) in [7, 11) is 0. The van der Waals surface area contributed by atoms with Crippen molar-refractivity contribution in [3.63, 3.8) is 0 Å². The van der Waals surface area contributed by atoms with Gasteiger partial charge in [-0.15, -0.1) is 0 Å². The van der Waals surface area contributed by atoms with Crippen molar-refractivity contribution in [2.75, 3.05) is 0 Å². The van der Waals surface area contributed by atoms with E-state index in [-0.39, 0.29) is 57.2 Å². The second-order valence-electron chi connectivity index (χ2n) is 2.21. The van der Waals surface area contributed by atoms with Gasteiger partial charge in [-0.1, -0.05) is 11.5 Å². The molecule has 1 heterocycles. The number of rotatable bonds is 2. The zero-order chi connectivity index (χ0) is 9.90. The Morgan fingerprint density at radius 1 is 1.36 bits per heavy atom. The zero-order valence-electron chi connectivity index (χ0n) is 7.23. The third-order valence-corrected chi connectivity index (χ3v) is 1.30. The second-order valence-corrected chi connectivity index (χ2v) is 2.21. The van der Waals surface area contributed by atoms with E-state index in [0.29, 0.717) is 6.20 Å². The monoisotopic (exact) mass is 226 g/mol. The first-order chi connectivity index (χ1) is 6.04. The molecule has 1 aromatic rings. The molecule has 0 radical (unpaired) electrons. The fourth-order valence-electron chi connectivity index (χ4n) is 0.696. The normalized spacial score (nSPS) is 9.93. The Morgan fingerprint density at radius 3 is 2.36 bits per heavy atom. The van der Waals surface area contributed by atoms with Crippen molar-refractivity contribution in [3.8, 4) is 0 Å². The van der Waals surface area contributed by atoms with E-state index in [9.17, 15) is 12.9 Å². The quantitative estimate of drug-likeness (QED) is 0.278. The summed E-state index contributed by atoms with van der Waals surface area (Å²) in [4.78, 5) is 5.69. The molecule has 0 spiro atoms. The number of halogens is 3. The number of azide groups is 1. The molecular weight excluding hydrogens is 223 g/mol. The van der Waals surface area contributed by atoms with Crippen LogP contribution in [-0.4, -0.2) is 12.0 Å². The molecule has 0 aliphatic rings. The van der Waals surface area contributed by atoms with E-state index in [2.05, 4.69) is 15.0 Å². The van der Waals surface area contributed by atoms with Crippen molar-refractivity contribution < 1.29 is 64.3 Å². The molecule has 0 aliphatic heterocycles. The Labute approximate surface area is 120 Å². The molecule has 0 N–H and O–H groups in total. The van der Waals surface area contributed by atoms with Crippen molar-refractivity contribution in [2.45, 2.75) is 0 Å². The van der Waals surface area contributed by atoms with Gasteiger partial charge < -0.3 is 12.9 Å². The standard InChI is InChI=1S/C5H3BF3N4.K/c7-6(8,9)4-1-2-5(11-3-4)12-13-10;/h1-3H;/q-1;+1. The van der Waals surface area contributed by atoms with Gasteiger partial charge in [-0.3, -0.25) is 4.98 Å². The van der Waals surface area contributed by atoms with Crippen LogP contribution >= 0.6 is 0 Å². The van der Waals surface area contributed by atoms with E-state index in [4.69, 9.17) is 5.53 Å². The predicted molar refractivity (Wildman–Crippen MR) is 41.8 cm³/mol. The van der Waals surface area contributed by atoms with Crippen molar-refractivity contribution in [3.05, 3.63) is 28.8 Å². The van der Waals surface area contributed by atoms with Crippen LogP contribution in [0.3, 0.4) is 0 Å². The number of aromatic nitrogens is 1. The predicted octanol–water partition coefficient (Wildman–Crippen LogP) is -0.918. The summed E-state index contributed by atoms with van der Waals surface area (Å²) in [6, 6.07) is 1.85. The van der Waals surface area contributed by atoms with Crippen LogP contribution in [0.5, 0.6) is 0 Å². The Morgan fingerprint density at radius 2 is 2.00 bits per heavy atom. The van der Waals surface area contributed by atoms with E-state index < -0.39 is 12.4 Å². The molecule has 0 unspecified atom stereocenters. The molecule has 0 bridgehead atoms. The minimum Gasteiger partial charge on any atom is -0.445 e. The van der Waals surface area contributed by atoms with Gasteiger partial charge in [0.25, 0.3) is 0 Å². The van der Waals surface area contributed by atoms with Crippen LogP contribution in [0.25, 0.3) is 10.4 Å². The zero-order valence-corrected chi connectivity index (χ0v) is 10.4. The van der Waals surface area contributed by atoms with Crippen LogP contribution < -0.4 is 56.8 Å². The van der Waals surface area contributed by atoms with Gasteiger partial charge in [0.1, 0.15) is 5.82 Å². The summed E-state index contributed by atoms with van der Waals surface area (Å²) in [6.07, 6.45) is 0.643. The van der Waals surface area contributed by atoms with Gasteiger partial charge in [-0.2, -0.15) is 0 Å². The fourth-order valence-corrected chi connectivity index (χ4v) is 0.696. The topological polar surface area (TPSA) is 61.7 Å². The van der Waals surface area contributed by atoms with Crippen LogP contribution in [-0.2, 0) is 0 Å². The van der Waals surface area contributed by atoms with Crippen molar-refractivity contribution in [1.82, 2.24) is 4.98 Å². The molecule has 9 heteroatoms. The molecule has 1 rings (SSSR count). The molecule has 0 amide bonds. The molecule has 0 aliphatic carbocycles. The molecule has 0 saturated carbocycles. The maximum absolute atomic E-state index is 12.0. The number of hydrogen-bond acceptors (Lipinski definition) is 2. The smallest absolute Gasteiger partial charge is 0.445 e. The van der Waals surface area contributed by atoms with Crippen LogP contribution in [0.4, 0.5) is 18.8 Å². The molecule has 14 heavy (non-hydrogen) atoms. The molecule has 0 fully saturated rings. The summed E-state index contributed by atoms with van der Waals surface area (Å²) < 4.78 is 36.1. The second kappa shape index (κ2) is 5.74. The molecule has 0 aromatic carbocycles. The van der Waals surface area contributed by atoms with Gasteiger partial charge in [0.15, 0.2) is 0 Å². The van der Waals surface area contributed by atoms with Gasteiger partial charge in [-0.25, -0.2) is 0 Å². The average molecular weight is 226 g/mol. The molecule has 0 atom stereocenters. The molecule has 0 saturated heterocycles. The van der Waals surface area contributed by atoms with Gasteiger partial charge >= 0.3 is 58.4 Å². The fraction of sp³-hybridized carbons (Fsp3) is 0. The van der Waals surface area contributed by atoms with Crippen molar-refractivity contribution in [2.24, 2.45) is 5.11 Å². The summed E-state index contributed by atoms with van der Waals surface area (Å²) in [5.41, 5.74) is 7.14. The maximum Gasteiger partial charge on any atom is 1.00 e. The van der Waals surface area contributed by atoms with Crippen molar-refractivity contribution >= 4 is 18.3 Å². The average Bonchev–Trinajstić information content (AvgIpc) is 2.04. The SMILES string of the molecule is [K+].[N-]=[N+]=Nc1ccc([B-](F)(F)F)cn1. The van der Waals surface area contributed by atoms with E-state index in [1.165, 1.54) is 0 Å². The Bertz CT molecular complexity index is 345. The Kier molecular flexibility index (Phi) is 5.72. The van der Waals surface area contributed by atoms with Gasteiger partial charge in [0.2, 0.25) is 0 Å². The molecule has 4 nitrogen and oxygen atoms in total. The number of hydrogen-bond donors (Lipinski definition) is 0. The van der Waals surface area contributed by atoms with E-state index in [1.54, 1.807) is 0 Å². The first-order valence-electron chi connectivity index (χ1n) is 3.25. The van der Waals surface area contributed by atoms with E-state index in [1.807, 2.05) is 0 Å². The first kappa shape index (κ1) is 14.0. The van der Waals surface area contributed by atoms with E-state index in [0.717, 1.165) is 12.1 Å². The van der Waals surface area contributed by atoms with Gasteiger partial charge in [-0.05, 0) is 16.7 Å². The largest absolute Gasteiger partial charge is 1.00 e. The van der Waals surface area contributed by atoms with Crippen molar-refractivity contribution in [1.29, 1.82) is 0 Å². The summed E-state index contributed by atoms with van der Waals surface area (Å²) in [5, 5.41) is 3.04. The molecule has 68 valence electrons. The third kappa shape index (κ3) is 3.99. The van der Waals surface area contributed by atoms with Crippen LogP contribution in [0.1, 0.15) is 0 Å². The van der Waals surface area contributed by atoms with Crippen LogP contribution in [0.2, 0.25) is 0 Å². The molecule has 1 aromatic heterocycles. The summed E-state index contributed by atoms with van der Waals surface area (Å²) >= 11 is 0. The Balaban J connectivity index is 0.00000169. The third-order valence-electron chi connectivity index (χ3n) is 1.30. The number of pyridine rings is 1. The summed E-state index contributed by atoms with van der Waals surface area (Å²) in [6.45, 7) is -5.03. The first-order valence-corrected chi connectivity index (χ1v) is 3.25. The minimum atomic E-state index is -5.03. The summed E-state index contributed by atoms with van der Waals surface area (Å²) in [5.74, 6) is -0.0775. The minimum absolute atomic E-state index is 0. The van der Waals surface area contributed by atoms with Crippen LogP contribution in [0.15, 0.2) is 23.4 Å². The number of nitrogens with zero attached hydrogens (tertiary/aromatic N) is 4. The van der Waals surface area contributed by atoms with Crippen LogP contribution in [0, 0.1) is 0 Å². The molecular formula is C5H3BF3KN4. The van der Waals surface area contributed by atoms with E-state index >= 15 is 0 Å².